The summed E-state index contributed by atoms with van der Waals surface area (Å²) >= 11 is 0. The lowest BCUT2D eigenvalue weighted by atomic mass is 10.0. The third kappa shape index (κ3) is 12.2. The molecule has 0 bridgehead atoms. The van der Waals surface area contributed by atoms with Crippen molar-refractivity contribution in [2.75, 3.05) is 0 Å². The van der Waals surface area contributed by atoms with Gasteiger partial charge in [-0.25, -0.2) is 0 Å². The second-order valence-corrected chi connectivity index (χ2v) is 9.17. The highest BCUT2D eigenvalue weighted by Crippen LogP contribution is 2.18. The van der Waals surface area contributed by atoms with Crippen LogP contribution >= 0.6 is 0 Å². The van der Waals surface area contributed by atoms with E-state index in [2.05, 4.69) is 6.92 Å². The van der Waals surface area contributed by atoms with Gasteiger partial charge in [-0.15, -0.1) is 0 Å². The van der Waals surface area contributed by atoms with Gasteiger partial charge in [0.2, 0.25) is 0 Å². The highest BCUT2D eigenvalue weighted by molar-refractivity contribution is 7.85. The zero-order chi connectivity index (χ0) is 19.8. The largest absolute Gasteiger partial charge is 0.294 e. The number of unbranched alkanes of at least 4 members (excludes halogenated alkanes) is 14. The summed E-state index contributed by atoms with van der Waals surface area (Å²) in [4.78, 5) is 0.0652. The first kappa shape index (κ1) is 24.2. The zero-order valence-corrected chi connectivity index (χ0v) is 18.1. The third-order valence-electron chi connectivity index (χ3n) is 5.30. The third-order valence-corrected chi connectivity index (χ3v) is 6.25. The molecule has 0 atom stereocenters. The number of hydrogen-bond donors (Lipinski definition) is 1. The molecule has 0 amide bonds. The Morgan fingerprint density at radius 2 is 1.07 bits per heavy atom. The lowest BCUT2D eigenvalue weighted by Gasteiger charge is -2.07. The molecule has 0 radical (unpaired) electrons. The van der Waals surface area contributed by atoms with Crippen molar-refractivity contribution in [2.45, 2.75) is 115 Å². The summed E-state index contributed by atoms with van der Waals surface area (Å²) in [5, 5.41) is 0. The van der Waals surface area contributed by atoms with E-state index in [1.54, 1.807) is 12.1 Å². The molecule has 0 heterocycles. The molecule has 0 aliphatic heterocycles. The Morgan fingerprint density at radius 3 is 1.52 bits per heavy atom. The lowest BCUT2D eigenvalue weighted by Crippen LogP contribution is -2.03. The maximum absolute atomic E-state index is 11.4. The molecule has 0 aliphatic carbocycles. The molecule has 4 heteroatoms. The van der Waals surface area contributed by atoms with E-state index in [1.165, 1.54) is 89.5 Å². The van der Waals surface area contributed by atoms with Gasteiger partial charge in [-0.3, -0.25) is 4.55 Å². The van der Waals surface area contributed by atoms with Gasteiger partial charge in [0.05, 0.1) is 4.90 Å². The Hall–Kier alpha value is -0.870. The Labute approximate surface area is 167 Å². The van der Waals surface area contributed by atoms with Crippen LogP contribution in [0, 0.1) is 0 Å². The fourth-order valence-electron chi connectivity index (χ4n) is 3.65. The Kier molecular flexibility index (Phi) is 13.5. The van der Waals surface area contributed by atoms with Crippen LogP contribution in [-0.2, 0) is 16.5 Å². The van der Waals surface area contributed by atoms with E-state index in [9.17, 15) is 13.0 Å². The van der Waals surface area contributed by atoms with Crippen molar-refractivity contribution in [2.24, 2.45) is 0 Å². The van der Waals surface area contributed by atoms with Gasteiger partial charge in [0.15, 0.2) is 0 Å². The summed E-state index contributed by atoms with van der Waals surface area (Å²) < 4.78 is 32.0. The van der Waals surface area contributed by atoms with Crippen molar-refractivity contribution in [1.82, 2.24) is 0 Å². The fraction of sp³-hybridized carbons (Fsp3) is 0.739. The van der Waals surface area contributed by atoms with Crippen LogP contribution in [-0.4, -0.2) is 13.0 Å². The standard InChI is InChI=1S/C23H40O3S/c1-2-3-4-5-6-7-8-9-10-11-12-13-14-15-16-19-22-20-17-18-21-23(22)27(24,25)26/h17-18,20-21H,2-16,19H2,1H3,(H,24,25,26). The molecule has 0 unspecified atom stereocenters. The predicted molar refractivity (Wildman–Crippen MR) is 115 cm³/mol. The van der Waals surface area contributed by atoms with Crippen molar-refractivity contribution in [3.8, 4) is 0 Å². The number of benzene rings is 1. The first-order valence-corrected chi connectivity index (χ1v) is 12.5. The highest BCUT2D eigenvalue weighted by Gasteiger charge is 2.13. The molecule has 0 aromatic heterocycles. The Bertz CT molecular complexity index is 581. The SMILES string of the molecule is CCCCCCCCCCCCCCCCCc1ccccc1S(=O)(=O)O. The molecule has 0 aliphatic rings. The molecule has 0 saturated carbocycles. The van der Waals surface area contributed by atoms with Crippen LogP contribution in [0.1, 0.15) is 109 Å². The van der Waals surface area contributed by atoms with E-state index in [-0.39, 0.29) is 4.90 Å². The first-order chi connectivity index (χ1) is 13.1. The van der Waals surface area contributed by atoms with Crippen molar-refractivity contribution >= 4 is 10.1 Å². The number of rotatable bonds is 17. The van der Waals surface area contributed by atoms with Crippen LogP contribution in [0.15, 0.2) is 29.2 Å². The maximum atomic E-state index is 11.4. The van der Waals surface area contributed by atoms with Gasteiger partial charge in [0.25, 0.3) is 10.1 Å². The van der Waals surface area contributed by atoms with Gasteiger partial charge in [0.1, 0.15) is 0 Å². The molecule has 0 spiro atoms. The van der Waals surface area contributed by atoms with Crippen LogP contribution in [0.3, 0.4) is 0 Å². The van der Waals surface area contributed by atoms with E-state index in [1.807, 2.05) is 6.07 Å². The van der Waals surface area contributed by atoms with E-state index >= 15 is 0 Å². The van der Waals surface area contributed by atoms with Crippen LogP contribution in [0.4, 0.5) is 0 Å². The summed E-state index contributed by atoms with van der Waals surface area (Å²) in [6.45, 7) is 2.27. The molecular formula is C23H40O3S. The minimum atomic E-state index is -4.10. The molecule has 0 fully saturated rings. The summed E-state index contributed by atoms with van der Waals surface area (Å²) in [5.41, 5.74) is 0.731. The van der Waals surface area contributed by atoms with Crippen LogP contribution in [0.5, 0.6) is 0 Å². The normalized spacial score (nSPS) is 11.8. The van der Waals surface area contributed by atoms with Gasteiger partial charge in [-0.1, -0.05) is 115 Å². The summed E-state index contributed by atoms with van der Waals surface area (Å²) in [6, 6.07) is 6.76. The summed E-state index contributed by atoms with van der Waals surface area (Å²) in [5.74, 6) is 0. The zero-order valence-electron chi connectivity index (χ0n) is 17.3. The smallest absolute Gasteiger partial charge is 0.282 e. The average Bonchev–Trinajstić information content (AvgIpc) is 2.64. The predicted octanol–water partition coefficient (Wildman–Crippen LogP) is 7.35. The first-order valence-electron chi connectivity index (χ1n) is 11.1. The molecule has 1 aromatic carbocycles. The van der Waals surface area contributed by atoms with Crippen molar-refractivity contribution in [3.63, 3.8) is 0 Å². The van der Waals surface area contributed by atoms with Gasteiger partial charge < -0.3 is 0 Å². The molecule has 156 valence electrons. The monoisotopic (exact) mass is 396 g/mol. The number of hydrogen-bond acceptors (Lipinski definition) is 2. The molecule has 1 aromatic rings. The van der Waals surface area contributed by atoms with Gasteiger partial charge in [0, 0.05) is 0 Å². The second kappa shape index (κ2) is 15.1. The average molecular weight is 397 g/mol. The molecular weight excluding hydrogens is 356 g/mol. The van der Waals surface area contributed by atoms with Crippen molar-refractivity contribution < 1.29 is 13.0 Å². The van der Waals surface area contributed by atoms with Crippen LogP contribution < -0.4 is 0 Å². The Morgan fingerprint density at radius 1 is 0.667 bits per heavy atom. The second-order valence-electron chi connectivity index (χ2n) is 7.78. The minimum Gasteiger partial charge on any atom is -0.282 e. The highest BCUT2D eigenvalue weighted by atomic mass is 32.2. The minimum absolute atomic E-state index is 0.0652. The van der Waals surface area contributed by atoms with Crippen LogP contribution in [0.25, 0.3) is 0 Å². The molecule has 0 saturated heterocycles. The summed E-state index contributed by atoms with van der Waals surface area (Å²) in [7, 11) is -4.10. The van der Waals surface area contributed by atoms with E-state index < -0.39 is 10.1 Å². The quantitative estimate of drug-likeness (QED) is 0.221. The summed E-state index contributed by atoms with van der Waals surface area (Å²) in [6.07, 6.45) is 20.5. The van der Waals surface area contributed by atoms with E-state index in [4.69, 9.17) is 0 Å². The molecule has 1 rings (SSSR count). The molecule has 1 N–H and O–H groups in total. The van der Waals surface area contributed by atoms with E-state index in [0.717, 1.165) is 18.4 Å². The van der Waals surface area contributed by atoms with Crippen LogP contribution in [0.2, 0.25) is 0 Å². The Balaban J connectivity index is 1.94. The van der Waals surface area contributed by atoms with Crippen molar-refractivity contribution in [3.05, 3.63) is 29.8 Å². The van der Waals surface area contributed by atoms with Gasteiger partial charge in [-0.2, -0.15) is 8.42 Å². The van der Waals surface area contributed by atoms with Gasteiger partial charge in [-0.05, 0) is 24.5 Å². The molecule has 3 nitrogen and oxygen atoms in total. The fourth-order valence-corrected chi connectivity index (χ4v) is 4.40. The van der Waals surface area contributed by atoms with E-state index in [0.29, 0.717) is 6.42 Å². The topological polar surface area (TPSA) is 54.4 Å². The lowest BCUT2D eigenvalue weighted by molar-refractivity contribution is 0.481. The van der Waals surface area contributed by atoms with Crippen molar-refractivity contribution in [1.29, 1.82) is 0 Å². The number of aryl methyl sites for hydroxylation is 1. The van der Waals surface area contributed by atoms with Gasteiger partial charge >= 0.3 is 0 Å². The maximum Gasteiger partial charge on any atom is 0.294 e. The molecule has 27 heavy (non-hydrogen) atoms.